The van der Waals surface area contributed by atoms with Crippen LogP contribution in [0.4, 0.5) is 5.69 Å². The van der Waals surface area contributed by atoms with Gasteiger partial charge in [0.15, 0.2) is 5.43 Å². The van der Waals surface area contributed by atoms with Crippen LogP contribution in [0.2, 0.25) is 0 Å². The fourth-order valence-corrected chi connectivity index (χ4v) is 3.22. The number of para-hydroxylation sites is 1. The summed E-state index contributed by atoms with van der Waals surface area (Å²) >= 11 is 0. The van der Waals surface area contributed by atoms with E-state index in [0.717, 1.165) is 16.8 Å². The van der Waals surface area contributed by atoms with Crippen molar-refractivity contribution in [3.05, 3.63) is 76.1 Å². The molecule has 1 amide bonds. The molecule has 0 fully saturated rings. The molecule has 0 aliphatic carbocycles. The molecule has 4 nitrogen and oxygen atoms in total. The zero-order chi connectivity index (χ0) is 18.0. The van der Waals surface area contributed by atoms with Gasteiger partial charge in [-0.1, -0.05) is 29.8 Å². The van der Waals surface area contributed by atoms with E-state index in [1.807, 2.05) is 55.7 Å². The maximum absolute atomic E-state index is 12.9. The molecule has 0 N–H and O–H groups in total. The second-order valence-electron chi connectivity index (χ2n) is 6.25. The highest BCUT2D eigenvalue weighted by Crippen LogP contribution is 2.22. The second kappa shape index (κ2) is 6.93. The molecule has 1 heterocycles. The predicted octanol–water partition coefficient (Wildman–Crippen LogP) is 3.67. The van der Waals surface area contributed by atoms with Crippen LogP contribution in [0, 0.1) is 13.8 Å². The lowest BCUT2D eigenvalue weighted by atomic mass is 10.1. The molecule has 2 aromatic carbocycles. The zero-order valence-corrected chi connectivity index (χ0v) is 14.8. The van der Waals surface area contributed by atoms with Crippen LogP contribution in [-0.2, 0) is 11.3 Å². The third-order valence-corrected chi connectivity index (χ3v) is 4.45. The lowest BCUT2D eigenvalue weighted by molar-refractivity contribution is -0.119. The number of rotatable bonds is 4. The first-order valence-electron chi connectivity index (χ1n) is 8.47. The average molecular weight is 334 g/mol. The van der Waals surface area contributed by atoms with E-state index in [1.165, 1.54) is 11.6 Å². The van der Waals surface area contributed by atoms with Crippen molar-refractivity contribution < 1.29 is 4.79 Å². The van der Waals surface area contributed by atoms with Crippen molar-refractivity contribution in [2.45, 2.75) is 27.3 Å². The summed E-state index contributed by atoms with van der Waals surface area (Å²) in [5.41, 5.74) is 3.95. The first kappa shape index (κ1) is 17.0. The lowest BCUT2D eigenvalue weighted by Gasteiger charge is -2.24. The molecule has 0 atom stereocenters. The minimum absolute atomic E-state index is 0.00301. The highest BCUT2D eigenvalue weighted by Gasteiger charge is 2.17. The van der Waals surface area contributed by atoms with Gasteiger partial charge in [-0.25, -0.2) is 0 Å². The monoisotopic (exact) mass is 334 g/mol. The number of pyridine rings is 1. The third kappa shape index (κ3) is 3.33. The summed E-state index contributed by atoms with van der Waals surface area (Å²) in [4.78, 5) is 26.7. The molecule has 0 aliphatic heterocycles. The Morgan fingerprint density at radius 2 is 1.84 bits per heavy atom. The van der Waals surface area contributed by atoms with Gasteiger partial charge in [-0.15, -0.1) is 0 Å². The molecule has 0 bridgehead atoms. The Morgan fingerprint density at radius 1 is 1.08 bits per heavy atom. The van der Waals surface area contributed by atoms with Gasteiger partial charge in [0.25, 0.3) is 0 Å². The number of carbonyl (C=O) groups is 1. The summed E-state index contributed by atoms with van der Waals surface area (Å²) in [5.74, 6) is 0.00301. The summed E-state index contributed by atoms with van der Waals surface area (Å²) in [6.07, 6.45) is 1.69. The molecule has 25 heavy (non-hydrogen) atoms. The third-order valence-electron chi connectivity index (χ3n) is 4.45. The van der Waals surface area contributed by atoms with Crippen LogP contribution in [-0.4, -0.2) is 17.0 Å². The Morgan fingerprint density at radius 3 is 2.56 bits per heavy atom. The zero-order valence-electron chi connectivity index (χ0n) is 14.8. The molecule has 0 unspecified atom stereocenters. The topological polar surface area (TPSA) is 42.3 Å². The number of anilines is 1. The van der Waals surface area contributed by atoms with Gasteiger partial charge in [0.2, 0.25) is 5.91 Å². The van der Waals surface area contributed by atoms with Crippen LogP contribution >= 0.6 is 0 Å². The van der Waals surface area contributed by atoms with E-state index >= 15 is 0 Å². The molecular formula is C21H22N2O2. The maximum Gasteiger partial charge on any atom is 0.246 e. The van der Waals surface area contributed by atoms with Crippen molar-refractivity contribution in [1.82, 2.24) is 4.57 Å². The van der Waals surface area contributed by atoms with Gasteiger partial charge in [-0.05, 0) is 44.5 Å². The molecule has 0 saturated carbocycles. The number of hydrogen-bond acceptors (Lipinski definition) is 2. The van der Waals surface area contributed by atoms with Crippen LogP contribution in [0.3, 0.4) is 0 Å². The largest absolute Gasteiger partial charge is 0.338 e. The van der Waals surface area contributed by atoms with E-state index in [1.54, 1.807) is 17.2 Å². The van der Waals surface area contributed by atoms with Gasteiger partial charge in [0, 0.05) is 29.9 Å². The fraction of sp³-hybridized carbons (Fsp3) is 0.238. The summed E-state index contributed by atoms with van der Waals surface area (Å²) in [6, 6.07) is 15.0. The highest BCUT2D eigenvalue weighted by molar-refractivity contribution is 5.94. The van der Waals surface area contributed by atoms with Crippen molar-refractivity contribution in [2.75, 3.05) is 11.4 Å². The SMILES string of the molecule is CCN(C(=O)Cn1ccc(=O)c2ccccc21)c1ccc(C)cc1C. The number of aryl methyl sites for hydroxylation is 2. The summed E-state index contributed by atoms with van der Waals surface area (Å²) < 4.78 is 1.84. The van der Waals surface area contributed by atoms with Gasteiger partial charge in [-0.3, -0.25) is 9.59 Å². The molecular weight excluding hydrogens is 312 g/mol. The van der Waals surface area contributed by atoms with E-state index in [4.69, 9.17) is 0 Å². The average Bonchev–Trinajstić information content (AvgIpc) is 2.60. The number of likely N-dealkylation sites (N-methyl/N-ethyl adjacent to an activating group) is 1. The summed E-state index contributed by atoms with van der Waals surface area (Å²) in [6.45, 7) is 6.83. The minimum Gasteiger partial charge on any atom is -0.338 e. The molecule has 0 saturated heterocycles. The van der Waals surface area contributed by atoms with E-state index in [2.05, 4.69) is 6.07 Å². The van der Waals surface area contributed by atoms with E-state index in [-0.39, 0.29) is 17.9 Å². The molecule has 0 aliphatic rings. The van der Waals surface area contributed by atoms with Crippen molar-refractivity contribution in [2.24, 2.45) is 0 Å². The number of benzene rings is 2. The molecule has 0 radical (unpaired) electrons. The van der Waals surface area contributed by atoms with E-state index < -0.39 is 0 Å². The highest BCUT2D eigenvalue weighted by atomic mass is 16.2. The van der Waals surface area contributed by atoms with Gasteiger partial charge in [0.05, 0.1) is 5.52 Å². The Kier molecular flexibility index (Phi) is 4.70. The smallest absolute Gasteiger partial charge is 0.246 e. The number of fused-ring (bicyclic) bond motifs is 1. The van der Waals surface area contributed by atoms with E-state index in [9.17, 15) is 9.59 Å². The van der Waals surface area contributed by atoms with E-state index in [0.29, 0.717) is 11.9 Å². The van der Waals surface area contributed by atoms with Gasteiger partial charge in [-0.2, -0.15) is 0 Å². The van der Waals surface area contributed by atoms with Crippen LogP contribution in [0.1, 0.15) is 18.1 Å². The van der Waals surface area contributed by atoms with Crippen LogP contribution in [0.25, 0.3) is 10.9 Å². The molecule has 3 aromatic rings. The Labute approximate surface area is 147 Å². The number of nitrogens with zero attached hydrogens (tertiary/aromatic N) is 2. The lowest BCUT2D eigenvalue weighted by Crippen LogP contribution is -2.34. The second-order valence-corrected chi connectivity index (χ2v) is 6.25. The van der Waals surface area contributed by atoms with Gasteiger partial charge in [0.1, 0.15) is 6.54 Å². The molecule has 4 heteroatoms. The van der Waals surface area contributed by atoms with Crippen molar-refractivity contribution >= 4 is 22.5 Å². The Bertz CT molecular complexity index is 989. The van der Waals surface area contributed by atoms with Crippen molar-refractivity contribution in [3.63, 3.8) is 0 Å². The number of hydrogen-bond donors (Lipinski definition) is 0. The van der Waals surface area contributed by atoms with Crippen molar-refractivity contribution in [1.29, 1.82) is 0 Å². The fourth-order valence-electron chi connectivity index (χ4n) is 3.22. The van der Waals surface area contributed by atoms with Crippen LogP contribution < -0.4 is 10.3 Å². The molecule has 3 rings (SSSR count). The quantitative estimate of drug-likeness (QED) is 0.730. The Balaban J connectivity index is 1.96. The van der Waals surface area contributed by atoms with Gasteiger partial charge >= 0.3 is 0 Å². The normalized spacial score (nSPS) is 10.8. The number of amides is 1. The maximum atomic E-state index is 12.9. The van der Waals surface area contributed by atoms with Crippen LogP contribution in [0.15, 0.2) is 59.5 Å². The first-order chi connectivity index (χ1) is 12.0. The van der Waals surface area contributed by atoms with Crippen molar-refractivity contribution in [3.8, 4) is 0 Å². The molecule has 128 valence electrons. The molecule has 0 spiro atoms. The number of carbonyl (C=O) groups excluding carboxylic acids is 1. The predicted molar refractivity (Wildman–Crippen MR) is 102 cm³/mol. The summed E-state index contributed by atoms with van der Waals surface area (Å²) in [5, 5.41) is 0.632. The molecule has 1 aromatic heterocycles. The number of aromatic nitrogens is 1. The standard InChI is InChI=1S/C21H22N2O2/c1-4-23(18-10-9-15(2)13-16(18)3)21(25)14-22-12-11-20(24)17-7-5-6-8-19(17)22/h5-13H,4,14H2,1-3H3. The summed E-state index contributed by atoms with van der Waals surface area (Å²) in [7, 11) is 0. The van der Waals surface area contributed by atoms with Crippen LogP contribution in [0.5, 0.6) is 0 Å². The Hall–Kier alpha value is -2.88. The minimum atomic E-state index is -0.0268. The van der Waals surface area contributed by atoms with Gasteiger partial charge < -0.3 is 9.47 Å². The first-order valence-corrected chi connectivity index (χ1v) is 8.47.